The van der Waals surface area contributed by atoms with Crippen LogP contribution in [0.1, 0.15) is 21.5 Å². The van der Waals surface area contributed by atoms with Crippen molar-refractivity contribution in [2.24, 2.45) is 0 Å². The normalized spacial score (nSPS) is 11.6. The summed E-state index contributed by atoms with van der Waals surface area (Å²) in [6.07, 6.45) is -1.33. The predicted molar refractivity (Wildman–Crippen MR) is 152 cm³/mol. The van der Waals surface area contributed by atoms with Crippen LogP contribution in [0.25, 0.3) is 6.08 Å². The molecule has 232 valence electrons. The minimum Gasteiger partial charge on any atom is -0.321 e. The fraction of sp³-hybridized carbons (Fsp3) is 0.0667. The number of anilines is 2. The first-order valence-electron chi connectivity index (χ1n) is 12.6. The van der Waals surface area contributed by atoms with E-state index in [2.05, 4.69) is 15.6 Å². The average Bonchev–Trinajstić information content (AvgIpc) is 3.01. The highest BCUT2D eigenvalue weighted by molar-refractivity contribution is 8.00. The molecule has 0 aliphatic rings. The summed E-state index contributed by atoms with van der Waals surface area (Å²) in [5.41, 5.74) is -3.60. The average molecular weight is 649 g/mol. The second kappa shape index (κ2) is 14.1. The first kappa shape index (κ1) is 32.7. The third-order valence-corrected chi connectivity index (χ3v) is 6.79. The number of amides is 3. The topological polar surface area (TPSA) is 100 Å². The van der Waals surface area contributed by atoms with E-state index >= 15 is 0 Å². The van der Waals surface area contributed by atoms with Gasteiger partial charge in [0, 0.05) is 28.5 Å². The highest BCUT2D eigenvalue weighted by Gasteiger charge is 2.42. The number of thioether (sulfide) groups is 1. The van der Waals surface area contributed by atoms with E-state index in [0.717, 1.165) is 11.8 Å². The molecule has 0 fully saturated rings. The van der Waals surface area contributed by atoms with E-state index in [4.69, 9.17) is 0 Å². The lowest BCUT2D eigenvalue weighted by molar-refractivity contribution is -0.143. The van der Waals surface area contributed by atoms with Crippen LogP contribution in [0.4, 0.5) is 42.1 Å². The number of benzene rings is 3. The summed E-state index contributed by atoms with van der Waals surface area (Å²) in [6.45, 7) is 0. The van der Waals surface area contributed by atoms with Crippen LogP contribution in [0, 0.1) is 23.3 Å². The van der Waals surface area contributed by atoms with Crippen molar-refractivity contribution in [1.29, 1.82) is 0 Å². The number of nitrogens with one attached hydrogen (secondary N) is 3. The zero-order valence-corrected chi connectivity index (χ0v) is 23.3. The van der Waals surface area contributed by atoms with Crippen LogP contribution in [0.15, 0.2) is 89.7 Å². The molecule has 0 aliphatic carbocycles. The molecule has 0 bridgehead atoms. The molecule has 7 nitrogen and oxygen atoms in total. The van der Waals surface area contributed by atoms with Gasteiger partial charge in [-0.15, -0.1) is 11.8 Å². The van der Waals surface area contributed by atoms with E-state index < -0.39 is 64.2 Å². The van der Waals surface area contributed by atoms with E-state index in [1.807, 2.05) is 0 Å². The molecule has 0 saturated heterocycles. The highest BCUT2D eigenvalue weighted by atomic mass is 32.2. The van der Waals surface area contributed by atoms with E-state index in [0.29, 0.717) is 16.0 Å². The number of rotatable bonds is 9. The molecule has 4 aromatic rings. The second-order valence-electron chi connectivity index (χ2n) is 8.99. The summed E-state index contributed by atoms with van der Waals surface area (Å²) in [5, 5.41) is 6.70. The van der Waals surface area contributed by atoms with Gasteiger partial charge in [0.2, 0.25) is 5.91 Å². The first-order valence-corrected chi connectivity index (χ1v) is 13.6. The molecule has 15 heteroatoms. The van der Waals surface area contributed by atoms with Crippen LogP contribution in [-0.4, -0.2) is 28.5 Å². The van der Waals surface area contributed by atoms with Crippen molar-refractivity contribution >= 4 is 46.9 Å². The van der Waals surface area contributed by atoms with Gasteiger partial charge in [-0.2, -0.15) is 13.2 Å². The van der Waals surface area contributed by atoms with E-state index in [9.17, 15) is 45.1 Å². The Hall–Kier alpha value is -5.18. The van der Waals surface area contributed by atoms with Crippen molar-refractivity contribution in [3.05, 3.63) is 125 Å². The maximum Gasteiger partial charge on any atom is 0.422 e. The van der Waals surface area contributed by atoms with Crippen molar-refractivity contribution in [2.75, 3.05) is 16.4 Å². The molecule has 3 N–H and O–H groups in total. The number of halogens is 7. The summed E-state index contributed by atoms with van der Waals surface area (Å²) in [4.78, 5) is 42.5. The summed E-state index contributed by atoms with van der Waals surface area (Å²) in [7, 11) is 0. The van der Waals surface area contributed by atoms with Crippen molar-refractivity contribution in [1.82, 2.24) is 10.3 Å². The second-order valence-corrected chi connectivity index (χ2v) is 10.0. The molecule has 3 aromatic carbocycles. The van der Waals surface area contributed by atoms with Crippen LogP contribution in [0.2, 0.25) is 0 Å². The van der Waals surface area contributed by atoms with Gasteiger partial charge in [0.1, 0.15) is 16.9 Å². The smallest absolute Gasteiger partial charge is 0.321 e. The van der Waals surface area contributed by atoms with Crippen molar-refractivity contribution < 1.29 is 45.1 Å². The number of carbonyl (C=O) groups is 3. The van der Waals surface area contributed by atoms with Crippen LogP contribution in [0.5, 0.6) is 0 Å². The van der Waals surface area contributed by atoms with Gasteiger partial charge in [0.25, 0.3) is 11.8 Å². The molecule has 0 spiro atoms. The van der Waals surface area contributed by atoms with Crippen LogP contribution in [-0.2, 0) is 15.8 Å². The number of aromatic nitrogens is 1. The van der Waals surface area contributed by atoms with Gasteiger partial charge in [-0.25, -0.2) is 17.6 Å². The van der Waals surface area contributed by atoms with Gasteiger partial charge >= 0.3 is 6.18 Å². The summed E-state index contributed by atoms with van der Waals surface area (Å²) in [5.74, 6) is -13.3. The lowest BCUT2D eigenvalue weighted by atomic mass is 10.1. The number of alkyl halides is 3. The third kappa shape index (κ3) is 8.26. The Morgan fingerprint density at radius 2 is 1.51 bits per heavy atom. The van der Waals surface area contributed by atoms with Crippen molar-refractivity contribution in [3.63, 3.8) is 0 Å². The molecule has 0 saturated carbocycles. The third-order valence-electron chi connectivity index (χ3n) is 5.80. The fourth-order valence-electron chi connectivity index (χ4n) is 3.75. The van der Waals surface area contributed by atoms with Crippen LogP contribution in [0.3, 0.4) is 0 Å². The molecule has 0 aliphatic heterocycles. The summed E-state index contributed by atoms with van der Waals surface area (Å²) >= 11 is 0.767. The van der Waals surface area contributed by atoms with Gasteiger partial charge in [-0.3, -0.25) is 19.4 Å². The molecule has 1 aromatic heterocycles. The molecule has 0 radical (unpaired) electrons. The Morgan fingerprint density at radius 1 is 0.822 bits per heavy atom. The predicted octanol–water partition coefficient (Wildman–Crippen LogP) is 6.80. The highest BCUT2D eigenvalue weighted by Crippen LogP contribution is 2.38. The lowest BCUT2D eigenvalue weighted by Gasteiger charge is -2.14. The monoisotopic (exact) mass is 648 g/mol. The van der Waals surface area contributed by atoms with E-state index in [-0.39, 0.29) is 11.4 Å². The van der Waals surface area contributed by atoms with Crippen molar-refractivity contribution in [3.8, 4) is 0 Å². The Bertz CT molecular complexity index is 1740. The molecule has 0 unspecified atom stereocenters. The lowest BCUT2D eigenvalue weighted by Crippen LogP contribution is -2.30. The maximum absolute atomic E-state index is 14.1. The number of nitrogens with zero attached hydrogens (tertiary/aromatic N) is 1. The summed E-state index contributed by atoms with van der Waals surface area (Å²) in [6, 6.07) is 17.3. The SMILES string of the molecule is O=C(CSc1cccc(NC(=O)/C(=C/c2cccnc2)NC(=O)c2ccccc2)c1)Nc1c(F)c(F)c(C(F)(F)F)c(F)c1F. The molecular weight excluding hydrogens is 629 g/mol. The molecule has 0 atom stereocenters. The minimum atomic E-state index is -5.72. The summed E-state index contributed by atoms with van der Waals surface area (Å²) < 4.78 is 94.4. The van der Waals surface area contributed by atoms with Gasteiger partial charge < -0.3 is 16.0 Å². The zero-order chi connectivity index (χ0) is 32.7. The van der Waals surface area contributed by atoms with Gasteiger partial charge in [-0.1, -0.05) is 30.3 Å². The standard InChI is InChI=1S/C30H19F7N4O3S/c31-23-22(30(35,36)37)24(32)26(34)27(25(23)33)41-21(42)15-45-19-10-4-9-18(13-19)39-29(44)20(12-16-6-5-11-38-14-16)40-28(43)17-7-2-1-3-8-17/h1-14H,15H2,(H,39,44)(H,40,43)(H,41,42)/b20-12-. The van der Waals surface area contributed by atoms with Gasteiger partial charge in [0.15, 0.2) is 23.3 Å². The fourth-order valence-corrected chi connectivity index (χ4v) is 4.50. The van der Waals surface area contributed by atoms with Gasteiger partial charge in [0.05, 0.1) is 5.75 Å². The van der Waals surface area contributed by atoms with Gasteiger partial charge in [-0.05, 0) is 48.0 Å². The minimum absolute atomic E-state index is 0.130. The molecule has 1 heterocycles. The number of hydrogen-bond donors (Lipinski definition) is 3. The molecule has 3 amide bonds. The number of carbonyl (C=O) groups excluding carboxylic acids is 3. The quantitative estimate of drug-likeness (QED) is 0.0803. The Balaban J connectivity index is 1.46. The zero-order valence-electron chi connectivity index (χ0n) is 22.5. The van der Waals surface area contributed by atoms with Crippen LogP contribution < -0.4 is 16.0 Å². The molecule has 4 rings (SSSR count). The molecule has 45 heavy (non-hydrogen) atoms. The largest absolute Gasteiger partial charge is 0.422 e. The maximum atomic E-state index is 14.1. The molecular formula is C30H19F7N4O3S. The first-order chi connectivity index (χ1) is 21.3. The van der Waals surface area contributed by atoms with Crippen molar-refractivity contribution in [2.45, 2.75) is 11.1 Å². The Kier molecular flexibility index (Phi) is 10.2. The Morgan fingerprint density at radius 3 is 2.13 bits per heavy atom. The number of pyridine rings is 1. The Labute approximate surface area is 254 Å². The van der Waals surface area contributed by atoms with E-state index in [1.54, 1.807) is 47.8 Å². The van der Waals surface area contributed by atoms with E-state index in [1.165, 1.54) is 42.7 Å². The number of hydrogen-bond acceptors (Lipinski definition) is 5. The van der Waals surface area contributed by atoms with Crippen LogP contribution >= 0.6 is 11.8 Å².